The van der Waals surface area contributed by atoms with Crippen LogP contribution in [0.25, 0.3) is 0 Å². The first-order valence-electron chi connectivity index (χ1n) is 7.79. The Morgan fingerprint density at radius 3 is 2.19 bits per heavy atom. The molecular weight excluding hydrogens is 256 g/mol. The van der Waals surface area contributed by atoms with Gasteiger partial charge in [0.05, 0.1) is 0 Å². The predicted molar refractivity (Wildman–Crippen MR) is 93.2 cm³/mol. The molecule has 2 rings (SSSR count). The van der Waals surface area contributed by atoms with Crippen molar-refractivity contribution >= 4 is 11.4 Å². The lowest BCUT2D eigenvalue weighted by atomic mass is 10.0. The van der Waals surface area contributed by atoms with Gasteiger partial charge < -0.3 is 10.2 Å². The number of hydrogen-bond donors (Lipinski definition) is 1. The third kappa shape index (κ3) is 3.78. The molecule has 0 spiro atoms. The van der Waals surface area contributed by atoms with Crippen molar-refractivity contribution in [2.75, 3.05) is 23.3 Å². The van der Waals surface area contributed by atoms with Gasteiger partial charge in [-0.1, -0.05) is 18.2 Å². The van der Waals surface area contributed by atoms with E-state index in [1.54, 1.807) is 0 Å². The highest BCUT2D eigenvalue weighted by atomic mass is 15.1. The van der Waals surface area contributed by atoms with Gasteiger partial charge in [-0.3, -0.25) is 0 Å². The summed E-state index contributed by atoms with van der Waals surface area (Å²) in [5, 5.41) is 3.51. The average molecular weight is 282 g/mol. The first-order valence-corrected chi connectivity index (χ1v) is 7.79. The third-order valence-electron chi connectivity index (χ3n) is 4.20. The van der Waals surface area contributed by atoms with Crippen molar-refractivity contribution in [1.29, 1.82) is 0 Å². The molecule has 0 aliphatic rings. The zero-order chi connectivity index (χ0) is 15.2. The minimum absolute atomic E-state index is 0.873. The molecule has 0 atom stereocenters. The second-order valence-electron chi connectivity index (χ2n) is 5.43. The van der Waals surface area contributed by atoms with Gasteiger partial charge in [-0.15, -0.1) is 0 Å². The Bertz CT molecular complexity index is 569. The van der Waals surface area contributed by atoms with Crippen LogP contribution in [0.15, 0.2) is 42.5 Å². The van der Waals surface area contributed by atoms with E-state index < -0.39 is 0 Å². The van der Waals surface area contributed by atoms with Gasteiger partial charge in [0.2, 0.25) is 0 Å². The Kier molecular flexibility index (Phi) is 5.26. The average Bonchev–Trinajstić information content (AvgIpc) is 2.51. The van der Waals surface area contributed by atoms with Gasteiger partial charge in [-0.2, -0.15) is 0 Å². The van der Waals surface area contributed by atoms with Crippen molar-refractivity contribution < 1.29 is 0 Å². The molecule has 0 saturated heterocycles. The van der Waals surface area contributed by atoms with Crippen molar-refractivity contribution in [2.45, 2.75) is 34.2 Å². The Labute approximate surface area is 128 Å². The molecule has 0 amide bonds. The van der Waals surface area contributed by atoms with Crippen molar-refractivity contribution in [3.05, 3.63) is 59.2 Å². The third-order valence-corrected chi connectivity index (χ3v) is 4.20. The molecule has 0 fully saturated rings. The molecule has 0 aliphatic carbocycles. The fourth-order valence-corrected chi connectivity index (χ4v) is 2.58. The summed E-state index contributed by atoms with van der Waals surface area (Å²) in [7, 11) is 0. The van der Waals surface area contributed by atoms with Crippen molar-refractivity contribution in [1.82, 2.24) is 0 Å². The number of anilines is 2. The zero-order valence-electron chi connectivity index (χ0n) is 13.6. The maximum absolute atomic E-state index is 3.51. The quantitative estimate of drug-likeness (QED) is 0.821. The Morgan fingerprint density at radius 1 is 0.905 bits per heavy atom. The van der Waals surface area contributed by atoms with Crippen LogP contribution >= 0.6 is 0 Å². The maximum atomic E-state index is 3.51. The topological polar surface area (TPSA) is 15.3 Å². The van der Waals surface area contributed by atoms with E-state index in [1.165, 1.54) is 28.1 Å². The van der Waals surface area contributed by atoms with Crippen LogP contribution < -0.4 is 10.2 Å². The Hall–Kier alpha value is -1.96. The molecule has 0 bridgehead atoms. The van der Waals surface area contributed by atoms with E-state index in [4.69, 9.17) is 0 Å². The van der Waals surface area contributed by atoms with E-state index in [0.29, 0.717) is 0 Å². The Morgan fingerprint density at radius 2 is 1.57 bits per heavy atom. The lowest BCUT2D eigenvalue weighted by Gasteiger charge is -2.21. The highest BCUT2D eigenvalue weighted by Crippen LogP contribution is 2.19. The second kappa shape index (κ2) is 7.16. The summed E-state index contributed by atoms with van der Waals surface area (Å²) >= 11 is 0. The molecule has 2 aromatic carbocycles. The van der Waals surface area contributed by atoms with Crippen LogP contribution in [-0.2, 0) is 6.54 Å². The molecular formula is C19H26N2. The van der Waals surface area contributed by atoms with E-state index in [2.05, 4.69) is 80.4 Å². The second-order valence-corrected chi connectivity index (χ2v) is 5.43. The van der Waals surface area contributed by atoms with Crippen LogP contribution in [0.2, 0.25) is 0 Å². The van der Waals surface area contributed by atoms with Crippen LogP contribution in [0.3, 0.4) is 0 Å². The summed E-state index contributed by atoms with van der Waals surface area (Å²) in [4.78, 5) is 2.36. The predicted octanol–water partition coefficient (Wildman–Crippen LogP) is 4.76. The summed E-state index contributed by atoms with van der Waals surface area (Å²) in [6.45, 7) is 11.7. The summed E-state index contributed by atoms with van der Waals surface area (Å²) < 4.78 is 0. The molecule has 2 aromatic rings. The Balaban J connectivity index is 2.02. The molecule has 2 nitrogen and oxygen atoms in total. The van der Waals surface area contributed by atoms with Gasteiger partial charge in [0.15, 0.2) is 0 Å². The summed E-state index contributed by atoms with van der Waals surface area (Å²) in [5.74, 6) is 0. The molecule has 0 unspecified atom stereocenters. The largest absolute Gasteiger partial charge is 0.381 e. The minimum Gasteiger partial charge on any atom is -0.381 e. The molecule has 112 valence electrons. The van der Waals surface area contributed by atoms with Crippen LogP contribution in [0, 0.1) is 13.8 Å². The van der Waals surface area contributed by atoms with Crippen LogP contribution in [-0.4, -0.2) is 13.1 Å². The highest BCUT2D eigenvalue weighted by molar-refractivity contribution is 5.55. The molecule has 2 heteroatoms. The van der Waals surface area contributed by atoms with Crippen molar-refractivity contribution in [2.24, 2.45) is 0 Å². The van der Waals surface area contributed by atoms with E-state index >= 15 is 0 Å². The van der Waals surface area contributed by atoms with Gasteiger partial charge in [-0.25, -0.2) is 0 Å². The zero-order valence-corrected chi connectivity index (χ0v) is 13.6. The van der Waals surface area contributed by atoms with Gasteiger partial charge in [0, 0.05) is 31.0 Å². The van der Waals surface area contributed by atoms with Crippen LogP contribution in [0.1, 0.15) is 30.5 Å². The monoisotopic (exact) mass is 282 g/mol. The number of aryl methyl sites for hydroxylation is 1. The van der Waals surface area contributed by atoms with Gasteiger partial charge in [-0.05, 0) is 68.7 Å². The molecule has 0 aromatic heterocycles. The number of hydrogen-bond acceptors (Lipinski definition) is 2. The van der Waals surface area contributed by atoms with Crippen molar-refractivity contribution in [3.8, 4) is 0 Å². The standard InChI is InChI=1S/C19H26N2/c1-5-21(6-2)19-12-10-18(11-13-19)20-14-17-9-7-8-15(3)16(17)4/h7-13,20H,5-6,14H2,1-4H3. The number of benzene rings is 2. The molecule has 0 radical (unpaired) electrons. The van der Waals surface area contributed by atoms with E-state index in [-0.39, 0.29) is 0 Å². The van der Waals surface area contributed by atoms with Gasteiger partial charge in [0.1, 0.15) is 0 Å². The van der Waals surface area contributed by atoms with Gasteiger partial charge >= 0.3 is 0 Å². The fraction of sp³-hybridized carbons (Fsp3) is 0.368. The van der Waals surface area contributed by atoms with Crippen molar-refractivity contribution in [3.63, 3.8) is 0 Å². The molecule has 0 aliphatic heterocycles. The van der Waals surface area contributed by atoms with E-state index in [1.807, 2.05) is 0 Å². The normalized spacial score (nSPS) is 10.5. The number of nitrogens with one attached hydrogen (secondary N) is 1. The van der Waals surface area contributed by atoms with E-state index in [9.17, 15) is 0 Å². The molecule has 0 heterocycles. The first-order chi connectivity index (χ1) is 10.2. The smallest absolute Gasteiger partial charge is 0.0403 e. The van der Waals surface area contributed by atoms with E-state index in [0.717, 1.165) is 19.6 Å². The lowest BCUT2D eigenvalue weighted by Crippen LogP contribution is -2.21. The molecule has 21 heavy (non-hydrogen) atoms. The summed E-state index contributed by atoms with van der Waals surface area (Å²) in [6.07, 6.45) is 0. The maximum Gasteiger partial charge on any atom is 0.0403 e. The first kappa shape index (κ1) is 15.4. The number of nitrogens with zero attached hydrogens (tertiary/aromatic N) is 1. The fourth-order valence-electron chi connectivity index (χ4n) is 2.58. The SMILES string of the molecule is CCN(CC)c1ccc(NCc2cccc(C)c2C)cc1. The highest BCUT2D eigenvalue weighted by Gasteiger charge is 2.03. The number of rotatable bonds is 6. The van der Waals surface area contributed by atoms with Crippen LogP contribution in [0.4, 0.5) is 11.4 Å². The minimum atomic E-state index is 0.873. The lowest BCUT2D eigenvalue weighted by molar-refractivity contribution is 0.866. The summed E-state index contributed by atoms with van der Waals surface area (Å²) in [6, 6.07) is 15.2. The van der Waals surface area contributed by atoms with Crippen LogP contribution in [0.5, 0.6) is 0 Å². The molecule has 0 saturated carbocycles. The van der Waals surface area contributed by atoms with Gasteiger partial charge in [0.25, 0.3) is 0 Å². The molecule has 1 N–H and O–H groups in total. The summed E-state index contributed by atoms with van der Waals surface area (Å²) in [5.41, 5.74) is 6.56.